The van der Waals surface area contributed by atoms with Crippen LogP contribution >= 0.6 is 0 Å². The standard InChI is InChI=1S/C18H20F3N3O3/c1-10(17(26)27)13-5-4-6-14(7-13)22-16(25)8-15-11(2)23-24(12(15)3)9-18(19,20)21/h4-7,10H,8-9H2,1-3H3,(H,22,25)(H,26,27). The van der Waals surface area contributed by atoms with Crippen molar-refractivity contribution in [2.45, 2.75) is 45.8 Å². The molecule has 2 N–H and O–H groups in total. The summed E-state index contributed by atoms with van der Waals surface area (Å²) in [6.07, 6.45) is -4.53. The molecule has 2 aromatic rings. The zero-order valence-corrected chi connectivity index (χ0v) is 15.1. The number of halogens is 3. The largest absolute Gasteiger partial charge is 0.481 e. The molecule has 146 valence electrons. The maximum atomic E-state index is 12.6. The molecule has 1 amide bonds. The quantitative estimate of drug-likeness (QED) is 0.800. The monoisotopic (exact) mass is 383 g/mol. The van der Waals surface area contributed by atoms with Crippen LogP contribution < -0.4 is 5.32 Å². The van der Waals surface area contributed by atoms with Gasteiger partial charge in [-0.3, -0.25) is 14.3 Å². The predicted molar refractivity (Wildman–Crippen MR) is 92.6 cm³/mol. The minimum Gasteiger partial charge on any atom is -0.481 e. The van der Waals surface area contributed by atoms with Crippen LogP contribution in [0, 0.1) is 13.8 Å². The highest BCUT2D eigenvalue weighted by Crippen LogP contribution is 2.22. The van der Waals surface area contributed by atoms with Gasteiger partial charge < -0.3 is 10.4 Å². The third-order valence-corrected chi connectivity index (χ3v) is 4.24. The number of carbonyl (C=O) groups is 2. The van der Waals surface area contributed by atoms with Gasteiger partial charge in [0.1, 0.15) is 6.54 Å². The number of amides is 1. The van der Waals surface area contributed by atoms with E-state index in [1.807, 2.05) is 0 Å². The van der Waals surface area contributed by atoms with Gasteiger partial charge in [-0.05, 0) is 38.5 Å². The SMILES string of the molecule is Cc1nn(CC(F)(F)F)c(C)c1CC(=O)Nc1cccc(C(C)C(=O)O)c1. The second-order valence-corrected chi connectivity index (χ2v) is 6.33. The molecular formula is C18H20F3N3O3. The Bertz CT molecular complexity index is 859. The predicted octanol–water partition coefficient (Wildman–Crippen LogP) is 3.43. The van der Waals surface area contributed by atoms with E-state index in [4.69, 9.17) is 5.11 Å². The lowest BCUT2D eigenvalue weighted by atomic mass is 10.0. The second-order valence-electron chi connectivity index (χ2n) is 6.33. The zero-order valence-electron chi connectivity index (χ0n) is 15.1. The average molecular weight is 383 g/mol. The molecule has 0 aliphatic carbocycles. The van der Waals surface area contributed by atoms with Crippen LogP contribution in [0.1, 0.15) is 35.4 Å². The summed E-state index contributed by atoms with van der Waals surface area (Å²) in [5.41, 5.74) is 2.04. The van der Waals surface area contributed by atoms with Gasteiger partial charge >= 0.3 is 12.1 Å². The third-order valence-electron chi connectivity index (χ3n) is 4.24. The van der Waals surface area contributed by atoms with Crippen LogP contribution in [0.25, 0.3) is 0 Å². The number of anilines is 1. The first kappa shape index (κ1) is 20.5. The fraction of sp³-hybridized carbons (Fsp3) is 0.389. The first-order chi connectivity index (χ1) is 12.5. The number of hydrogen-bond donors (Lipinski definition) is 2. The van der Waals surface area contributed by atoms with Crippen molar-refractivity contribution in [3.63, 3.8) is 0 Å². The van der Waals surface area contributed by atoms with Crippen molar-refractivity contribution in [3.8, 4) is 0 Å². The van der Waals surface area contributed by atoms with Crippen molar-refractivity contribution in [3.05, 3.63) is 46.8 Å². The van der Waals surface area contributed by atoms with Gasteiger partial charge in [-0.2, -0.15) is 18.3 Å². The van der Waals surface area contributed by atoms with Crippen LogP contribution in [0.2, 0.25) is 0 Å². The van der Waals surface area contributed by atoms with Gasteiger partial charge in [0, 0.05) is 16.9 Å². The van der Waals surface area contributed by atoms with Crippen molar-refractivity contribution < 1.29 is 27.9 Å². The molecule has 0 saturated heterocycles. The Hall–Kier alpha value is -2.84. The Morgan fingerprint density at radius 3 is 2.56 bits per heavy atom. The maximum Gasteiger partial charge on any atom is 0.408 e. The summed E-state index contributed by atoms with van der Waals surface area (Å²) < 4.78 is 38.6. The van der Waals surface area contributed by atoms with E-state index in [9.17, 15) is 22.8 Å². The molecule has 1 unspecified atom stereocenters. The molecule has 0 radical (unpaired) electrons. The maximum absolute atomic E-state index is 12.6. The lowest BCUT2D eigenvalue weighted by Gasteiger charge is -2.11. The van der Waals surface area contributed by atoms with Crippen molar-refractivity contribution >= 4 is 17.6 Å². The summed E-state index contributed by atoms with van der Waals surface area (Å²) in [6.45, 7) is 3.36. The molecule has 6 nitrogen and oxygen atoms in total. The summed E-state index contributed by atoms with van der Waals surface area (Å²) in [7, 11) is 0. The molecule has 1 heterocycles. The van der Waals surface area contributed by atoms with E-state index in [0.717, 1.165) is 4.68 Å². The van der Waals surface area contributed by atoms with Crippen LogP contribution in [0.4, 0.5) is 18.9 Å². The lowest BCUT2D eigenvalue weighted by molar-refractivity contribution is -0.143. The first-order valence-electron chi connectivity index (χ1n) is 8.20. The van der Waals surface area contributed by atoms with Gasteiger partial charge in [-0.15, -0.1) is 0 Å². The Morgan fingerprint density at radius 2 is 1.96 bits per heavy atom. The Kier molecular flexibility index (Phi) is 5.92. The van der Waals surface area contributed by atoms with Crippen molar-refractivity contribution in [2.24, 2.45) is 0 Å². The molecule has 1 aromatic carbocycles. The van der Waals surface area contributed by atoms with Gasteiger partial charge in [0.25, 0.3) is 0 Å². The van der Waals surface area contributed by atoms with E-state index in [1.54, 1.807) is 31.2 Å². The second kappa shape index (κ2) is 7.81. The number of aryl methyl sites for hydroxylation is 1. The van der Waals surface area contributed by atoms with Crippen molar-refractivity contribution in [2.75, 3.05) is 5.32 Å². The molecule has 0 bridgehead atoms. The molecule has 9 heteroatoms. The number of benzene rings is 1. The van der Waals surface area contributed by atoms with E-state index in [2.05, 4.69) is 10.4 Å². The molecule has 0 saturated carbocycles. The number of carbonyl (C=O) groups excluding carboxylic acids is 1. The van der Waals surface area contributed by atoms with Crippen LogP contribution in [-0.4, -0.2) is 32.9 Å². The third kappa shape index (κ3) is 5.32. The van der Waals surface area contributed by atoms with Gasteiger partial charge in [0.2, 0.25) is 5.91 Å². The molecule has 1 aromatic heterocycles. The number of alkyl halides is 3. The summed E-state index contributed by atoms with van der Waals surface area (Å²) in [5.74, 6) is -2.14. The summed E-state index contributed by atoms with van der Waals surface area (Å²) in [4.78, 5) is 23.4. The Labute approximate surface area is 154 Å². The van der Waals surface area contributed by atoms with Crippen molar-refractivity contribution in [1.29, 1.82) is 0 Å². The number of carboxylic acids is 1. The van der Waals surface area contributed by atoms with Gasteiger partial charge in [-0.25, -0.2) is 0 Å². The van der Waals surface area contributed by atoms with E-state index in [-0.39, 0.29) is 12.1 Å². The Morgan fingerprint density at radius 1 is 1.30 bits per heavy atom. The smallest absolute Gasteiger partial charge is 0.408 e. The summed E-state index contributed by atoms with van der Waals surface area (Å²) in [6, 6.07) is 6.44. The van der Waals surface area contributed by atoms with Crippen LogP contribution in [0.3, 0.4) is 0 Å². The minimum absolute atomic E-state index is 0.131. The molecule has 0 aliphatic rings. The molecular weight excluding hydrogens is 363 g/mol. The van der Waals surface area contributed by atoms with Gasteiger partial charge in [0.15, 0.2) is 0 Å². The molecule has 1 atom stereocenters. The van der Waals surface area contributed by atoms with Crippen LogP contribution in [-0.2, 0) is 22.6 Å². The van der Waals surface area contributed by atoms with E-state index < -0.39 is 30.5 Å². The molecule has 2 rings (SSSR count). The van der Waals surface area contributed by atoms with E-state index in [0.29, 0.717) is 22.5 Å². The number of rotatable bonds is 6. The average Bonchev–Trinajstić information content (AvgIpc) is 2.80. The topological polar surface area (TPSA) is 84.2 Å². The number of nitrogens with one attached hydrogen (secondary N) is 1. The van der Waals surface area contributed by atoms with Crippen molar-refractivity contribution in [1.82, 2.24) is 9.78 Å². The number of aliphatic carboxylic acids is 1. The first-order valence-corrected chi connectivity index (χ1v) is 8.20. The highest BCUT2D eigenvalue weighted by Gasteiger charge is 2.30. The molecule has 27 heavy (non-hydrogen) atoms. The number of nitrogens with zero attached hydrogens (tertiary/aromatic N) is 2. The van der Waals surface area contributed by atoms with E-state index >= 15 is 0 Å². The molecule has 0 fully saturated rings. The normalized spacial score (nSPS) is 12.7. The lowest BCUT2D eigenvalue weighted by Crippen LogP contribution is -2.20. The number of carboxylic acid groups (broad SMARTS) is 1. The number of hydrogen-bond acceptors (Lipinski definition) is 3. The highest BCUT2D eigenvalue weighted by molar-refractivity contribution is 5.92. The van der Waals surface area contributed by atoms with Crippen LogP contribution in [0.5, 0.6) is 0 Å². The highest BCUT2D eigenvalue weighted by atomic mass is 19.4. The number of aromatic nitrogens is 2. The van der Waals surface area contributed by atoms with Crippen LogP contribution in [0.15, 0.2) is 24.3 Å². The Balaban J connectivity index is 2.13. The fourth-order valence-corrected chi connectivity index (χ4v) is 2.71. The summed E-state index contributed by atoms with van der Waals surface area (Å²) in [5, 5.41) is 15.6. The van der Waals surface area contributed by atoms with Gasteiger partial charge in [0.05, 0.1) is 18.0 Å². The molecule has 0 spiro atoms. The van der Waals surface area contributed by atoms with Gasteiger partial charge in [-0.1, -0.05) is 12.1 Å². The minimum atomic E-state index is -4.40. The summed E-state index contributed by atoms with van der Waals surface area (Å²) >= 11 is 0. The zero-order chi connectivity index (χ0) is 20.4. The van der Waals surface area contributed by atoms with E-state index in [1.165, 1.54) is 13.8 Å². The fourth-order valence-electron chi connectivity index (χ4n) is 2.71. The molecule has 0 aliphatic heterocycles.